The Morgan fingerprint density at radius 3 is 2.57 bits per heavy atom. The van der Waals surface area contributed by atoms with Crippen LogP contribution in [-0.2, 0) is 6.42 Å². The summed E-state index contributed by atoms with van der Waals surface area (Å²) in [5.74, 6) is 0.938. The molecule has 0 bridgehead atoms. The molecule has 184 valence electrons. The average Bonchev–Trinajstić information content (AvgIpc) is 3.34. The van der Waals surface area contributed by atoms with Crippen LogP contribution in [0.5, 0.6) is 5.75 Å². The number of hydrogen-bond donors (Lipinski definition) is 2. The number of rotatable bonds is 10. The van der Waals surface area contributed by atoms with Crippen LogP contribution < -0.4 is 10.1 Å². The van der Waals surface area contributed by atoms with Gasteiger partial charge in [-0.1, -0.05) is 52.0 Å². The van der Waals surface area contributed by atoms with Crippen LogP contribution in [0.2, 0.25) is 0 Å². The summed E-state index contributed by atoms with van der Waals surface area (Å²) in [4.78, 5) is 22.2. The lowest BCUT2D eigenvalue weighted by Crippen LogP contribution is -2.37. The Hall–Kier alpha value is -3.50. The minimum atomic E-state index is -0.289. The number of aliphatic imine (C=N–C) groups is 2. The molecule has 3 rings (SSSR count). The number of nitrogens with zero attached hydrogens (tertiary/aromatic N) is 3. The van der Waals surface area contributed by atoms with Gasteiger partial charge in [0.1, 0.15) is 11.8 Å². The quantitative estimate of drug-likeness (QED) is 0.535. The maximum Gasteiger partial charge on any atom is 0.251 e. The van der Waals surface area contributed by atoms with Gasteiger partial charge >= 0.3 is 0 Å². The summed E-state index contributed by atoms with van der Waals surface area (Å²) < 4.78 is 5.58. The Bertz CT molecular complexity index is 1140. The first-order valence-corrected chi connectivity index (χ1v) is 12.1. The topological polar surface area (TPSA) is 107 Å². The fraction of sp³-hybridized carbons (Fsp3) is 0.429. The van der Waals surface area contributed by atoms with E-state index < -0.39 is 0 Å². The zero-order valence-corrected chi connectivity index (χ0v) is 21.0. The van der Waals surface area contributed by atoms with Crippen LogP contribution in [0.3, 0.4) is 0 Å². The second-order valence-corrected chi connectivity index (χ2v) is 9.70. The third kappa shape index (κ3) is 7.00. The van der Waals surface area contributed by atoms with Gasteiger partial charge in [-0.05, 0) is 43.0 Å². The highest BCUT2D eigenvalue weighted by atomic mass is 16.5. The summed E-state index contributed by atoms with van der Waals surface area (Å²) in [6.45, 7) is 9.50. The molecule has 0 aliphatic carbocycles. The molecule has 7 nitrogen and oxygen atoms in total. The zero-order chi connectivity index (χ0) is 25.4. The van der Waals surface area contributed by atoms with Gasteiger partial charge < -0.3 is 15.2 Å². The Kier molecular flexibility index (Phi) is 8.78. The smallest absolute Gasteiger partial charge is 0.251 e. The zero-order valence-electron chi connectivity index (χ0n) is 21.0. The molecular weight excluding hydrogens is 440 g/mol. The van der Waals surface area contributed by atoms with Crippen molar-refractivity contribution in [2.75, 3.05) is 19.8 Å². The van der Waals surface area contributed by atoms with Crippen molar-refractivity contribution in [1.82, 2.24) is 5.32 Å². The van der Waals surface area contributed by atoms with Gasteiger partial charge in [0, 0.05) is 34.9 Å². The minimum absolute atomic E-state index is 0.00221. The molecule has 2 aromatic rings. The summed E-state index contributed by atoms with van der Waals surface area (Å²) in [7, 11) is 0. The first kappa shape index (κ1) is 26.1. The number of benzene rings is 2. The van der Waals surface area contributed by atoms with Crippen LogP contribution in [0.25, 0.3) is 0 Å². The number of amidine groups is 1. The SMILES string of the molecule is CCCOc1ccc(C(=O)N[C@H](CCO)Cc2ccc(C3=NCC(C(C)(C)C)=N3)cc2)cc1C#N. The van der Waals surface area contributed by atoms with E-state index in [0.717, 1.165) is 29.1 Å². The lowest BCUT2D eigenvalue weighted by Gasteiger charge is -2.19. The summed E-state index contributed by atoms with van der Waals surface area (Å²) in [6, 6.07) is 14.7. The van der Waals surface area contributed by atoms with E-state index in [1.807, 2.05) is 31.2 Å². The van der Waals surface area contributed by atoms with Crippen molar-refractivity contribution in [2.24, 2.45) is 15.4 Å². The van der Waals surface area contributed by atoms with Crippen LogP contribution in [0.1, 0.15) is 67.6 Å². The van der Waals surface area contributed by atoms with Crippen molar-refractivity contribution >= 4 is 17.5 Å². The molecule has 1 aliphatic rings. The van der Waals surface area contributed by atoms with Crippen molar-refractivity contribution in [3.05, 3.63) is 64.7 Å². The van der Waals surface area contributed by atoms with Crippen molar-refractivity contribution in [3.8, 4) is 11.8 Å². The van der Waals surface area contributed by atoms with E-state index in [1.165, 1.54) is 0 Å². The predicted molar refractivity (Wildman–Crippen MR) is 138 cm³/mol. The second kappa shape index (κ2) is 11.8. The van der Waals surface area contributed by atoms with Crippen molar-refractivity contribution in [2.45, 2.75) is 53.0 Å². The molecule has 2 N–H and O–H groups in total. The molecule has 1 amide bonds. The van der Waals surface area contributed by atoms with E-state index in [0.29, 0.717) is 42.9 Å². The molecule has 0 unspecified atom stereocenters. The largest absolute Gasteiger partial charge is 0.492 e. The van der Waals surface area contributed by atoms with Gasteiger partial charge in [0.05, 0.1) is 18.7 Å². The van der Waals surface area contributed by atoms with Crippen molar-refractivity contribution in [3.63, 3.8) is 0 Å². The lowest BCUT2D eigenvalue weighted by atomic mass is 9.90. The number of aliphatic hydroxyl groups is 1. The number of carbonyl (C=O) groups excluding carboxylic acids is 1. The van der Waals surface area contributed by atoms with E-state index in [1.54, 1.807) is 18.2 Å². The van der Waals surface area contributed by atoms with E-state index in [9.17, 15) is 15.2 Å². The Balaban J connectivity index is 1.67. The van der Waals surface area contributed by atoms with Gasteiger partial charge in [-0.2, -0.15) is 5.26 Å². The highest BCUT2D eigenvalue weighted by Crippen LogP contribution is 2.22. The molecule has 1 aliphatic heterocycles. The van der Waals surface area contributed by atoms with Gasteiger partial charge in [-0.3, -0.25) is 9.79 Å². The fourth-order valence-electron chi connectivity index (χ4n) is 3.73. The molecule has 0 radical (unpaired) electrons. The van der Waals surface area contributed by atoms with Crippen LogP contribution in [0.15, 0.2) is 52.4 Å². The monoisotopic (exact) mass is 474 g/mol. The van der Waals surface area contributed by atoms with E-state index in [4.69, 9.17) is 9.73 Å². The van der Waals surface area contributed by atoms with Gasteiger partial charge in [0.25, 0.3) is 5.91 Å². The van der Waals surface area contributed by atoms with Gasteiger partial charge in [0.15, 0.2) is 5.84 Å². The number of amides is 1. The molecule has 0 aromatic heterocycles. The van der Waals surface area contributed by atoms with E-state index in [-0.39, 0.29) is 24.0 Å². The van der Waals surface area contributed by atoms with Gasteiger partial charge in [-0.25, -0.2) is 4.99 Å². The minimum Gasteiger partial charge on any atom is -0.492 e. The summed E-state index contributed by atoms with van der Waals surface area (Å²) in [5.41, 5.74) is 3.78. The highest BCUT2D eigenvalue weighted by molar-refractivity contribution is 6.12. The third-order valence-electron chi connectivity index (χ3n) is 5.82. The maximum atomic E-state index is 12.9. The molecule has 0 saturated carbocycles. The van der Waals surface area contributed by atoms with E-state index in [2.05, 4.69) is 37.1 Å². The summed E-state index contributed by atoms with van der Waals surface area (Å²) in [6.07, 6.45) is 1.82. The molecule has 35 heavy (non-hydrogen) atoms. The van der Waals surface area contributed by atoms with Crippen molar-refractivity contribution in [1.29, 1.82) is 5.26 Å². The third-order valence-corrected chi connectivity index (χ3v) is 5.82. The molecule has 0 fully saturated rings. The first-order valence-electron chi connectivity index (χ1n) is 12.1. The van der Waals surface area contributed by atoms with Crippen LogP contribution in [-0.4, -0.2) is 48.4 Å². The number of aliphatic hydroxyl groups excluding tert-OH is 1. The molecule has 2 aromatic carbocycles. The molecule has 1 atom stereocenters. The van der Waals surface area contributed by atoms with Gasteiger partial charge in [0.2, 0.25) is 0 Å². The molecule has 0 spiro atoms. The van der Waals surface area contributed by atoms with Crippen LogP contribution in [0.4, 0.5) is 0 Å². The van der Waals surface area contributed by atoms with Crippen molar-refractivity contribution < 1.29 is 14.6 Å². The number of carbonyl (C=O) groups is 1. The fourth-order valence-corrected chi connectivity index (χ4v) is 3.73. The Labute approximate surface area is 207 Å². The first-order chi connectivity index (χ1) is 16.7. The predicted octanol–water partition coefficient (Wildman–Crippen LogP) is 4.32. The number of hydrogen-bond acceptors (Lipinski definition) is 6. The number of nitriles is 1. The molecule has 7 heteroatoms. The molecule has 0 saturated heterocycles. The number of ether oxygens (including phenoxy) is 1. The second-order valence-electron chi connectivity index (χ2n) is 9.70. The van der Waals surface area contributed by atoms with Gasteiger partial charge in [-0.15, -0.1) is 0 Å². The Morgan fingerprint density at radius 2 is 1.97 bits per heavy atom. The normalized spacial score (nSPS) is 14.1. The van der Waals surface area contributed by atoms with Crippen LogP contribution >= 0.6 is 0 Å². The van der Waals surface area contributed by atoms with E-state index >= 15 is 0 Å². The standard InChI is InChI=1S/C28H34N4O3/c1-5-14-35-24-11-10-21(16-22(24)17-29)27(34)31-23(12-13-33)15-19-6-8-20(9-7-19)26-30-18-25(32-26)28(2,3)4/h6-11,16,23,33H,5,12-15,18H2,1-4H3,(H,31,34)/t23-/m1/s1. The average molecular weight is 475 g/mol. The van der Waals surface area contributed by atoms with Crippen LogP contribution in [0, 0.1) is 16.7 Å². The Morgan fingerprint density at radius 1 is 1.23 bits per heavy atom. The lowest BCUT2D eigenvalue weighted by molar-refractivity contribution is 0.0930. The maximum absolute atomic E-state index is 12.9. The molecular formula is C28H34N4O3. The summed E-state index contributed by atoms with van der Waals surface area (Å²) >= 11 is 0. The number of nitrogens with one attached hydrogen (secondary N) is 1. The summed E-state index contributed by atoms with van der Waals surface area (Å²) in [5, 5.41) is 22.0. The molecule has 1 heterocycles. The highest BCUT2D eigenvalue weighted by Gasteiger charge is 2.23.